The van der Waals surface area contributed by atoms with Gasteiger partial charge in [0.05, 0.1) is 11.8 Å². The summed E-state index contributed by atoms with van der Waals surface area (Å²) in [5.74, 6) is 0.975. The van der Waals surface area contributed by atoms with Crippen LogP contribution in [-0.2, 0) is 4.79 Å². The first-order valence-corrected chi connectivity index (χ1v) is 8.51. The molecule has 24 heavy (non-hydrogen) atoms. The number of aliphatic imine (C=N–C) groups is 1. The van der Waals surface area contributed by atoms with Gasteiger partial charge in [0.25, 0.3) is 5.91 Å². The summed E-state index contributed by atoms with van der Waals surface area (Å²) in [7, 11) is 1.69. The van der Waals surface area contributed by atoms with Crippen molar-refractivity contribution in [1.82, 2.24) is 14.8 Å². The summed E-state index contributed by atoms with van der Waals surface area (Å²) in [5.41, 5.74) is 0.927. The van der Waals surface area contributed by atoms with Gasteiger partial charge in [-0.1, -0.05) is 18.3 Å². The number of hydrogen-bond acceptors (Lipinski definition) is 5. The molecule has 3 aliphatic rings. The van der Waals surface area contributed by atoms with E-state index in [-0.39, 0.29) is 18.0 Å². The van der Waals surface area contributed by atoms with E-state index >= 15 is 0 Å². The monoisotopic (exact) mass is 333 g/mol. The maximum atomic E-state index is 13.0. The fraction of sp³-hybridized carbons (Fsp3) is 0.688. The minimum Gasteiger partial charge on any atom is -0.270 e. The Hall–Kier alpha value is -2.25. The number of carbonyl (C=O) groups is 2. The third-order valence-electron chi connectivity index (χ3n) is 4.50. The molecular weight excluding hydrogens is 308 g/mol. The first-order valence-electron chi connectivity index (χ1n) is 8.51. The van der Waals surface area contributed by atoms with E-state index < -0.39 is 6.04 Å². The van der Waals surface area contributed by atoms with Crippen LogP contribution in [0.4, 0.5) is 4.79 Å². The lowest BCUT2D eigenvalue weighted by molar-refractivity contribution is -0.528. The van der Waals surface area contributed by atoms with E-state index in [0.29, 0.717) is 24.9 Å². The van der Waals surface area contributed by atoms with Gasteiger partial charge in [-0.2, -0.15) is 0 Å². The predicted molar refractivity (Wildman–Crippen MR) is 91.2 cm³/mol. The number of hydrazone groups is 1. The Kier molecular flexibility index (Phi) is 4.15. The summed E-state index contributed by atoms with van der Waals surface area (Å²) in [6.07, 6.45) is 1.74. The Morgan fingerprint density at radius 1 is 1.33 bits per heavy atom. The number of rotatable bonds is 4. The summed E-state index contributed by atoms with van der Waals surface area (Å²) >= 11 is 0. The number of urea groups is 1. The van der Waals surface area contributed by atoms with Gasteiger partial charge in [0.2, 0.25) is 11.9 Å². The molecule has 130 valence electrons. The molecule has 0 saturated carbocycles. The van der Waals surface area contributed by atoms with Crippen LogP contribution < -0.4 is 0 Å². The van der Waals surface area contributed by atoms with Gasteiger partial charge in [0, 0.05) is 13.6 Å². The lowest BCUT2D eigenvalue weighted by Gasteiger charge is -2.34. The highest BCUT2D eigenvalue weighted by atomic mass is 16.2. The van der Waals surface area contributed by atoms with Gasteiger partial charge >= 0.3 is 12.0 Å². The smallest absolute Gasteiger partial charge is 0.270 e. The van der Waals surface area contributed by atoms with Gasteiger partial charge in [0.15, 0.2) is 0 Å². The van der Waals surface area contributed by atoms with Gasteiger partial charge in [-0.3, -0.25) is 14.6 Å². The van der Waals surface area contributed by atoms with E-state index in [2.05, 4.69) is 10.1 Å². The van der Waals surface area contributed by atoms with Crippen LogP contribution in [0.2, 0.25) is 0 Å². The summed E-state index contributed by atoms with van der Waals surface area (Å²) in [4.78, 5) is 33.0. The normalized spacial score (nSPS) is 23.8. The van der Waals surface area contributed by atoms with Crippen LogP contribution in [0.25, 0.3) is 0 Å². The average Bonchev–Trinajstić information content (AvgIpc) is 2.91. The Bertz CT molecular complexity index is 678. The average molecular weight is 333 g/mol. The number of unbranched alkanes of at least 4 members (excludes halogenated alkanes) is 1. The summed E-state index contributed by atoms with van der Waals surface area (Å²) in [5, 5.41) is 6.38. The molecule has 3 aliphatic heterocycles. The molecule has 1 unspecified atom stereocenters. The van der Waals surface area contributed by atoms with E-state index in [1.165, 1.54) is 9.80 Å². The molecule has 1 atom stereocenters. The zero-order valence-corrected chi connectivity index (χ0v) is 15.0. The van der Waals surface area contributed by atoms with Crippen molar-refractivity contribution in [2.45, 2.75) is 52.6 Å². The van der Waals surface area contributed by atoms with E-state index in [1.807, 2.05) is 37.3 Å². The molecule has 0 aromatic carbocycles. The molecule has 1 fully saturated rings. The van der Waals surface area contributed by atoms with Gasteiger partial charge in [-0.25, -0.2) is 9.37 Å². The van der Waals surface area contributed by atoms with Crippen molar-refractivity contribution in [1.29, 1.82) is 0 Å². The van der Waals surface area contributed by atoms with Crippen LogP contribution in [0.15, 0.2) is 10.1 Å². The number of likely N-dealkylation sites (N-methyl/N-ethyl adjacent to an activating group) is 1. The number of guanidine groups is 1. The van der Waals surface area contributed by atoms with Crippen LogP contribution in [0.5, 0.6) is 0 Å². The largest absolute Gasteiger partial charge is 0.416 e. The molecule has 0 aliphatic carbocycles. The number of imide groups is 1. The second-order valence-corrected chi connectivity index (χ2v) is 6.76. The first-order chi connectivity index (χ1) is 11.4. The Morgan fingerprint density at radius 3 is 2.67 bits per heavy atom. The Labute approximate surface area is 142 Å². The molecule has 0 spiro atoms. The SMILES string of the molecule is CCCCN1C(=O)C2C(=NC3=[N+]2CC(C)=NN3C(C)C)N(C)C1=O. The fourth-order valence-electron chi connectivity index (χ4n) is 3.23. The second kappa shape index (κ2) is 5.99. The molecule has 3 heterocycles. The minimum atomic E-state index is -0.536. The number of amides is 3. The maximum absolute atomic E-state index is 13.0. The van der Waals surface area contributed by atoms with Crippen molar-refractivity contribution in [2.24, 2.45) is 10.1 Å². The Balaban J connectivity index is 2.00. The van der Waals surface area contributed by atoms with Crippen molar-refractivity contribution < 1.29 is 14.2 Å². The van der Waals surface area contributed by atoms with Crippen molar-refractivity contribution in [3.8, 4) is 0 Å². The molecule has 3 rings (SSSR count). The molecule has 3 amide bonds. The van der Waals surface area contributed by atoms with Crippen LogP contribution in [0, 0.1) is 0 Å². The number of hydrogen-bond donors (Lipinski definition) is 0. The van der Waals surface area contributed by atoms with Crippen LogP contribution >= 0.6 is 0 Å². The third-order valence-corrected chi connectivity index (χ3v) is 4.50. The third kappa shape index (κ3) is 2.40. The summed E-state index contributed by atoms with van der Waals surface area (Å²) in [6.45, 7) is 9.04. The summed E-state index contributed by atoms with van der Waals surface area (Å²) in [6, 6.07) is -0.710. The van der Waals surface area contributed by atoms with Crippen molar-refractivity contribution in [3.05, 3.63) is 0 Å². The predicted octanol–water partition coefficient (Wildman–Crippen LogP) is 0.930. The van der Waals surface area contributed by atoms with Crippen molar-refractivity contribution in [2.75, 3.05) is 20.1 Å². The lowest BCUT2D eigenvalue weighted by atomic mass is 10.1. The highest BCUT2D eigenvalue weighted by molar-refractivity contribution is 6.23. The minimum absolute atomic E-state index is 0.120. The number of amidine groups is 1. The van der Waals surface area contributed by atoms with Crippen molar-refractivity contribution >= 4 is 29.4 Å². The molecule has 0 bridgehead atoms. The van der Waals surface area contributed by atoms with E-state index in [0.717, 1.165) is 18.6 Å². The molecule has 1 saturated heterocycles. The Morgan fingerprint density at radius 2 is 2.04 bits per heavy atom. The zero-order valence-electron chi connectivity index (χ0n) is 15.0. The van der Waals surface area contributed by atoms with E-state index in [4.69, 9.17) is 0 Å². The van der Waals surface area contributed by atoms with E-state index in [9.17, 15) is 9.59 Å². The zero-order chi connectivity index (χ0) is 17.6. The lowest BCUT2D eigenvalue weighted by Crippen LogP contribution is -2.63. The molecule has 0 N–H and O–H groups in total. The topological polar surface area (TPSA) is 71.6 Å². The molecule has 0 aromatic heterocycles. The molecule has 0 aromatic rings. The van der Waals surface area contributed by atoms with Crippen LogP contribution in [0.3, 0.4) is 0 Å². The standard InChI is InChI=1S/C16H25N6O2/c1-6-7-8-20-14(23)12-13(19(5)16(20)24)17-15-21(12)9-11(4)18-22(15)10(2)3/h10,12H,6-9H2,1-5H3/q+1. The van der Waals surface area contributed by atoms with Gasteiger partial charge in [-0.15, -0.1) is 10.1 Å². The van der Waals surface area contributed by atoms with Crippen molar-refractivity contribution in [3.63, 3.8) is 0 Å². The van der Waals surface area contributed by atoms with Crippen LogP contribution in [-0.4, -0.2) is 81.1 Å². The molecular formula is C16H25N6O2+. The molecule has 8 heteroatoms. The van der Waals surface area contributed by atoms with Gasteiger partial charge < -0.3 is 0 Å². The maximum Gasteiger partial charge on any atom is 0.416 e. The highest BCUT2D eigenvalue weighted by Crippen LogP contribution is 2.24. The number of nitrogens with zero attached hydrogens (tertiary/aromatic N) is 6. The van der Waals surface area contributed by atoms with Crippen LogP contribution in [0.1, 0.15) is 40.5 Å². The second-order valence-electron chi connectivity index (χ2n) is 6.76. The highest BCUT2D eigenvalue weighted by Gasteiger charge is 2.54. The van der Waals surface area contributed by atoms with Gasteiger partial charge in [0.1, 0.15) is 6.54 Å². The first kappa shape index (κ1) is 16.6. The molecule has 0 radical (unpaired) electrons. The number of fused-ring (bicyclic) bond motifs is 2. The summed E-state index contributed by atoms with van der Waals surface area (Å²) < 4.78 is 1.96. The number of carbonyl (C=O) groups excluding carboxylic acids is 2. The molecule has 8 nitrogen and oxygen atoms in total. The van der Waals surface area contributed by atoms with Gasteiger partial charge in [-0.05, 0) is 27.2 Å². The fourth-order valence-corrected chi connectivity index (χ4v) is 3.23. The van der Waals surface area contributed by atoms with E-state index in [1.54, 1.807) is 7.05 Å². The quantitative estimate of drug-likeness (QED) is 0.719.